The molecule has 18 heavy (non-hydrogen) atoms. The minimum absolute atomic E-state index is 0.474. The lowest BCUT2D eigenvalue weighted by molar-refractivity contribution is 0.319. The molecule has 0 saturated carbocycles. The highest BCUT2D eigenvalue weighted by atomic mass is 32.2. The van der Waals surface area contributed by atoms with E-state index in [9.17, 15) is 0 Å². The second-order valence-electron chi connectivity index (χ2n) is 5.12. The monoisotopic (exact) mass is 266 g/mol. The molecule has 0 bridgehead atoms. The van der Waals surface area contributed by atoms with Crippen LogP contribution >= 0.6 is 11.8 Å². The van der Waals surface area contributed by atoms with Crippen molar-refractivity contribution < 1.29 is 0 Å². The molecule has 1 aromatic carbocycles. The zero-order chi connectivity index (χ0) is 13.5. The fraction of sp³-hybridized carbons (Fsp3) is 0.600. The largest absolute Gasteiger partial charge is 0.303 e. The fourth-order valence-electron chi connectivity index (χ4n) is 1.89. The van der Waals surface area contributed by atoms with Crippen LogP contribution in [0.2, 0.25) is 0 Å². The van der Waals surface area contributed by atoms with E-state index in [4.69, 9.17) is 0 Å². The molecule has 0 fully saturated rings. The van der Waals surface area contributed by atoms with E-state index in [1.807, 2.05) is 11.8 Å². The molecule has 0 N–H and O–H groups in total. The maximum atomic E-state index is 2.38. The molecule has 1 aromatic rings. The Morgan fingerprint density at radius 2 is 1.94 bits per heavy atom. The SMILES string of the molecule is CSCCN(C)Cc1cccc([C@@H](C)N(C)C)c1. The van der Waals surface area contributed by atoms with Gasteiger partial charge >= 0.3 is 0 Å². The molecular weight excluding hydrogens is 240 g/mol. The maximum Gasteiger partial charge on any atom is 0.0313 e. The van der Waals surface area contributed by atoms with Crippen molar-refractivity contribution >= 4 is 11.8 Å². The zero-order valence-corrected chi connectivity index (χ0v) is 13.1. The van der Waals surface area contributed by atoms with Crippen molar-refractivity contribution in [2.45, 2.75) is 19.5 Å². The van der Waals surface area contributed by atoms with Gasteiger partial charge in [0.15, 0.2) is 0 Å². The highest BCUT2D eigenvalue weighted by Crippen LogP contribution is 2.19. The average Bonchev–Trinajstić information content (AvgIpc) is 2.35. The Morgan fingerprint density at radius 3 is 2.56 bits per heavy atom. The Hall–Kier alpha value is -0.510. The minimum atomic E-state index is 0.474. The first-order chi connectivity index (χ1) is 8.54. The second-order valence-corrected chi connectivity index (χ2v) is 6.10. The summed E-state index contributed by atoms with van der Waals surface area (Å²) in [7, 11) is 6.45. The standard InChI is InChI=1S/C15H26N2S/c1-13(16(2)3)15-8-6-7-14(11-15)12-17(4)9-10-18-5/h6-8,11,13H,9-10,12H2,1-5H3/t13-/m1/s1. The Balaban J connectivity index is 2.64. The van der Waals surface area contributed by atoms with Crippen LogP contribution in [0.5, 0.6) is 0 Å². The van der Waals surface area contributed by atoms with Crippen LogP contribution in [-0.2, 0) is 6.54 Å². The normalized spacial score (nSPS) is 13.3. The van der Waals surface area contributed by atoms with Gasteiger partial charge in [-0.15, -0.1) is 0 Å². The summed E-state index contributed by atoms with van der Waals surface area (Å²) < 4.78 is 0. The van der Waals surface area contributed by atoms with Crippen LogP contribution in [0.4, 0.5) is 0 Å². The molecule has 1 atom stereocenters. The van der Waals surface area contributed by atoms with E-state index in [0.29, 0.717) is 6.04 Å². The zero-order valence-electron chi connectivity index (χ0n) is 12.3. The molecular formula is C15H26N2S. The van der Waals surface area contributed by atoms with Gasteiger partial charge in [0.05, 0.1) is 0 Å². The first-order valence-corrected chi connectivity index (χ1v) is 7.86. The molecule has 1 rings (SSSR count). The number of nitrogens with zero attached hydrogens (tertiary/aromatic N) is 2. The molecule has 0 aliphatic heterocycles. The van der Waals surface area contributed by atoms with E-state index >= 15 is 0 Å². The van der Waals surface area contributed by atoms with Gasteiger partial charge in [-0.3, -0.25) is 0 Å². The van der Waals surface area contributed by atoms with Gasteiger partial charge in [0.25, 0.3) is 0 Å². The summed E-state index contributed by atoms with van der Waals surface area (Å²) in [5.41, 5.74) is 2.81. The number of benzene rings is 1. The van der Waals surface area contributed by atoms with Crippen LogP contribution in [0.1, 0.15) is 24.1 Å². The van der Waals surface area contributed by atoms with Gasteiger partial charge in [0.2, 0.25) is 0 Å². The van der Waals surface area contributed by atoms with E-state index < -0.39 is 0 Å². The summed E-state index contributed by atoms with van der Waals surface area (Å²) in [5.74, 6) is 1.20. The average molecular weight is 266 g/mol. The summed E-state index contributed by atoms with van der Waals surface area (Å²) in [4.78, 5) is 4.63. The van der Waals surface area contributed by atoms with Crippen LogP contribution in [0.3, 0.4) is 0 Å². The second kappa shape index (κ2) is 7.82. The summed E-state index contributed by atoms with van der Waals surface area (Å²) in [5, 5.41) is 0. The van der Waals surface area contributed by atoms with Crippen molar-refractivity contribution in [3.8, 4) is 0 Å². The van der Waals surface area contributed by atoms with Crippen molar-refractivity contribution in [2.75, 3.05) is 39.7 Å². The van der Waals surface area contributed by atoms with Gasteiger partial charge in [0, 0.05) is 24.9 Å². The first kappa shape index (κ1) is 15.5. The van der Waals surface area contributed by atoms with Crippen LogP contribution in [-0.4, -0.2) is 49.5 Å². The molecule has 0 spiro atoms. The lowest BCUT2D eigenvalue weighted by Crippen LogP contribution is -2.21. The van der Waals surface area contributed by atoms with Gasteiger partial charge in [0.1, 0.15) is 0 Å². The summed E-state index contributed by atoms with van der Waals surface area (Å²) in [6.07, 6.45) is 2.16. The highest BCUT2D eigenvalue weighted by molar-refractivity contribution is 7.98. The van der Waals surface area contributed by atoms with E-state index in [0.717, 1.165) is 13.1 Å². The summed E-state index contributed by atoms with van der Waals surface area (Å²) in [6.45, 7) is 4.43. The van der Waals surface area contributed by atoms with Gasteiger partial charge < -0.3 is 9.80 Å². The van der Waals surface area contributed by atoms with Crippen LogP contribution < -0.4 is 0 Å². The van der Waals surface area contributed by atoms with Gasteiger partial charge in [-0.25, -0.2) is 0 Å². The van der Waals surface area contributed by atoms with Gasteiger partial charge in [-0.2, -0.15) is 11.8 Å². The molecule has 0 aliphatic carbocycles. The highest BCUT2D eigenvalue weighted by Gasteiger charge is 2.08. The van der Waals surface area contributed by atoms with Crippen molar-refractivity contribution in [3.63, 3.8) is 0 Å². The number of hydrogen-bond acceptors (Lipinski definition) is 3. The van der Waals surface area contributed by atoms with Crippen LogP contribution in [0.15, 0.2) is 24.3 Å². The fourth-order valence-corrected chi connectivity index (χ4v) is 2.38. The quantitative estimate of drug-likeness (QED) is 0.749. The lowest BCUT2D eigenvalue weighted by atomic mass is 10.0. The van der Waals surface area contributed by atoms with Crippen LogP contribution in [0.25, 0.3) is 0 Å². The summed E-state index contributed by atoms with van der Waals surface area (Å²) >= 11 is 1.90. The Bertz CT molecular complexity index is 352. The summed E-state index contributed by atoms with van der Waals surface area (Å²) in [6, 6.07) is 9.42. The van der Waals surface area contributed by atoms with E-state index in [2.05, 4.69) is 68.4 Å². The first-order valence-electron chi connectivity index (χ1n) is 6.47. The smallest absolute Gasteiger partial charge is 0.0313 e. The number of rotatable bonds is 7. The van der Waals surface area contributed by atoms with Crippen molar-refractivity contribution in [3.05, 3.63) is 35.4 Å². The third kappa shape index (κ3) is 5.01. The number of thioether (sulfide) groups is 1. The molecule has 0 radical (unpaired) electrons. The molecule has 2 nitrogen and oxygen atoms in total. The molecule has 0 heterocycles. The molecule has 0 unspecified atom stereocenters. The lowest BCUT2D eigenvalue weighted by Gasteiger charge is -2.22. The molecule has 0 aromatic heterocycles. The molecule has 3 heteroatoms. The molecule has 0 amide bonds. The molecule has 102 valence electrons. The van der Waals surface area contributed by atoms with Crippen molar-refractivity contribution in [1.82, 2.24) is 9.80 Å². The van der Waals surface area contributed by atoms with Crippen molar-refractivity contribution in [2.24, 2.45) is 0 Å². The third-order valence-corrected chi connectivity index (χ3v) is 3.93. The van der Waals surface area contributed by atoms with E-state index in [-0.39, 0.29) is 0 Å². The van der Waals surface area contributed by atoms with E-state index in [1.165, 1.54) is 16.9 Å². The van der Waals surface area contributed by atoms with Crippen LogP contribution in [0, 0.1) is 0 Å². The predicted octanol–water partition coefficient (Wildman–Crippen LogP) is 3.10. The topological polar surface area (TPSA) is 6.48 Å². The molecule has 0 saturated heterocycles. The van der Waals surface area contributed by atoms with Gasteiger partial charge in [-0.1, -0.05) is 24.3 Å². The molecule has 0 aliphatic rings. The van der Waals surface area contributed by atoms with E-state index in [1.54, 1.807) is 0 Å². The Kier molecular flexibility index (Phi) is 6.76. The Morgan fingerprint density at radius 1 is 1.22 bits per heavy atom. The van der Waals surface area contributed by atoms with Gasteiger partial charge in [-0.05, 0) is 45.4 Å². The minimum Gasteiger partial charge on any atom is -0.303 e. The Labute approximate surface area is 116 Å². The maximum absolute atomic E-state index is 2.38. The number of hydrogen-bond donors (Lipinski definition) is 0. The predicted molar refractivity (Wildman–Crippen MR) is 83.3 cm³/mol. The third-order valence-electron chi connectivity index (χ3n) is 3.34. The van der Waals surface area contributed by atoms with Crippen molar-refractivity contribution in [1.29, 1.82) is 0 Å².